The molecule has 3 aromatic rings. The van der Waals surface area contributed by atoms with Crippen LogP contribution < -0.4 is 10.1 Å². The number of nitrogens with one attached hydrogen (secondary N) is 1. The van der Waals surface area contributed by atoms with E-state index in [1.165, 1.54) is 29.5 Å². The first kappa shape index (κ1) is 16.4. The van der Waals surface area contributed by atoms with Gasteiger partial charge in [0.2, 0.25) is 0 Å². The standard InChI is InChI=1S/C22H23NOS/c1-2-5-17(6-3-1)22(19-12-14-25-16-19)18-8-10-21(11-9-18)24-15-20-7-4-13-23-20/h1-3,5-6,8-12,14,16,20,22-23H,4,7,13,15H2/t20-,22?/m0/s1. The van der Waals surface area contributed by atoms with Crippen LogP contribution in [-0.4, -0.2) is 19.2 Å². The molecule has 0 saturated carbocycles. The Hall–Kier alpha value is -2.10. The van der Waals surface area contributed by atoms with E-state index < -0.39 is 0 Å². The summed E-state index contributed by atoms with van der Waals surface area (Å²) in [5.41, 5.74) is 3.97. The van der Waals surface area contributed by atoms with Gasteiger partial charge in [-0.05, 0) is 65.0 Å². The molecule has 1 aliphatic rings. The first-order valence-corrected chi connectivity index (χ1v) is 9.87. The van der Waals surface area contributed by atoms with Crippen LogP contribution in [0.4, 0.5) is 0 Å². The lowest BCUT2D eigenvalue weighted by Crippen LogP contribution is -2.28. The highest BCUT2D eigenvalue weighted by molar-refractivity contribution is 7.08. The lowest BCUT2D eigenvalue weighted by atomic mass is 9.87. The highest BCUT2D eigenvalue weighted by atomic mass is 32.1. The Morgan fingerprint density at radius 3 is 2.44 bits per heavy atom. The predicted octanol–water partition coefficient (Wildman–Crippen LogP) is 5.06. The summed E-state index contributed by atoms with van der Waals surface area (Å²) >= 11 is 1.75. The molecular formula is C22H23NOS. The van der Waals surface area contributed by atoms with Crippen molar-refractivity contribution in [2.24, 2.45) is 0 Å². The van der Waals surface area contributed by atoms with E-state index in [2.05, 4.69) is 76.7 Å². The van der Waals surface area contributed by atoms with Crippen LogP contribution in [0.5, 0.6) is 5.75 Å². The monoisotopic (exact) mass is 349 g/mol. The second kappa shape index (κ2) is 7.85. The first-order valence-electron chi connectivity index (χ1n) is 8.93. The lowest BCUT2D eigenvalue weighted by Gasteiger charge is -2.18. The van der Waals surface area contributed by atoms with Gasteiger partial charge in [-0.15, -0.1) is 0 Å². The average molecular weight is 349 g/mol. The van der Waals surface area contributed by atoms with Crippen LogP contribution in [0.2, 0.25) is 0 Å². The molecule has 1 aliphatic heterocycles. The molecule has 1 N–H and O–H groups in total. The topological polar surface area (TPSA) is 21.3 Å². The van der Waals surface area contributed by atoms with Gasteiger partial charge in [0.15, 0.2) is 0 Å². The van der Waals surface area contributed by atoms with Crippen molar-refractivity contribution < 1.29 is 4.74 Å². The molecule has 0 bridgehead atoms. The Morgan fingerprint density at radius 1 is 0.960 bits per heavy atom. The Balaban J connectivity index is 1.53. The minimum absolute atomic E-state index is 0.276. The SMILES string of the molecule is c1ccc(C(c2ccc(OC[C@@H]3CCCN3)cc2)c2ccsc2)cc1. The highest BCUT2D eigenvalue weighted by Gasteiger charge is 2.18. The van der Waals surface area contributed by atoms with Crippen LogP contribution in [0.15, 0.2) is 71.4 Å². The van der Waals surface area contributed by atoms with Crippen molar-refractivity contribution in [3.63, 3.8) is 0 Å². The van der Waals surface area contributed by atoms with E-state index in [0.29, 0.717) is 6.04 Å². The van der Waals surface area contributed by atoms with Gasteiger partial charge in [-0.2, -0.15) is 11.3 Å². The third-order valence-corrected chi connectivity index (χ3v) is 5.54. The second-order valence-corrected chi connectivity index (χ2v) is 7.35. The fourth-order valence-electron chi connectivity index (χ4n) is 3.51. The van der Waals surface area contributed by atoms with E-state index in [1.807, 2.05) is 0 Å². The predicted molar refractivity (Wildman–Crippen MR) is 105 cm³/mol. The summed E-state index contributed by atoms with van der Waals surface area (Å²) in [7, 11) is 0. The largest absolute Gasteiger partial charge is 0.492 e. The summed E-state index contributed by atoms with van der Waals surface area (Å²) in [6, 6.07) is 22.0. The van der Waals surface area contributed by atoms with Gasteiger partial charge in [-0.25, -0.2) is 0 Å². The molecule has 4 rings (SSSR count). The molecule has 0 amide bonds. The molecular weight excluding hydrogens is 326 g/mol. The van der Waals surface area contributed by atoms with Gasteiger partial charge in [-0.3, -0.25) is 0 Å². The lowest BCUT2D eigenvalue weighted by molar-refractivity contribution is 0.277. The number of rotatable bonds is 6. The van der Waals surface area contributed by atoms with E-state index in [-0.39, 0.29) is 5.92 Å². The van der Waals surface area contributed by atoms with Gasteiger partial charge in [0.05, 0.1) is 0 Å². The number of hydrogen-bond donors (Lipinski definition) is 1. The zero-order valence-corrected chi connectivity index (χ0v) is 15.0. The van der Waals surface area contributed by atoms with Crippen LogP contribution in [0.3, 0.4) is 0 Å². The second-order valence-electron chi connectivity index (χ2n) is 6.57. The van der Waals surface area contributed by atoms with E-state index in [9.17, 15) is 0 Å². The van der Waals surface area contributed by atoms with Crippen LogP contribution in [-0.2, 0) is 0 Å². The summed E-state index contributed by atoms with van der Waals surface area (Å²) in [6.07, 6.45) is 2.47. The molecule has 128 valence electrons. The Morgan fingerprint density at radius 2 is 1.76 bits per heavy atom. The Bertz CT molecular complexity index is 762. The molecule has 2 aromatic carbocycles. The summed E-state index contributed by atoms with van der Waals surface area (Å²) < 4.78 is 5.96. The van der Waals surface area contributed by atoms with Crippen LogP contribution >= 0.6 is 11.3 Å². The zero-order valence-electron chi connectivity index (χ0n) is 14.2. The van der Waals surface area contributed by atoms with Crippen molar-refractivity contribution >= 4 is 11.3 Å². The number of hydrogen-bond acceptors (Lipinski definition) is 3. The minimum Gasteiger partial charge on any atom is -0.492 e. The van der Waals surface area contributed by atoms with Crippen molar-refractivity contribution in [2.45, 2.75) is 24.8 Å². The van der Waals surface area contributed by atoms with Crippen molar-refractivity contribution in [3.8, 4) is 5.75 Å². The van der Waals surface area contributed by atoms with Crippen molar-refractivity contribution in [3.05, 3.63) is 88.1 Å². The number of benzene rings is 2. The maximum Gasteiger partial charge on any atom is 0.119 e. The fraction of sp³-hybridized carbons (Fsp3) is 0.273. The van der Waals surface area contributed by atoms with Gasteiger partial charge in [0.25, 0.3) is 0 Å². The molecule has 0 aliphatic carbocycles. The quantitative estimate of drug-likeness (QED) is 0.672. The third kappa shape index (κ3) is 3.94. The first-order chi connectivity index (χ1) is 12.4. The van der Waals surface area contributed by atoms with Gasteiger partial charge in [0, 0.05) is 12.0 Å². The van der Waals surface area contributed by atoms with E-state index >= 15 is 0 Å². The molecule has 0 spiro atoms. The molecule has 1 saturated heterocycles. The molecule has 2 atom stereocenters. The summed E-state index contributed by atoms with van der Waals surface area (Å²) in [4.78, 5) is 0. The van der Waals surface area contributed by atoms with Crippen molar-refractivity contribution in [2.75, 3.05) is 13.2 Å². The number of thiophene rings is 1. The van der Waals surface area contributed by atoms with E-state index in [1.54, 1.807) is 11.3 Å². The van der Waals surface area contributed by atoms with Crippen LogP contribution in [0.1, 0.15) is 35.4 Å². The van der Waals surface area contributed by atoms with Crippen molar-refractivity contribution in [1.82, 2.24) is 5.32 Å². The van der Waals surface area contributed by atoms with Crippen molar-refractivity contribution in [1.29, 1.82) is 0 Å². The molecule has 0 radical (unpaired) electrons. The van der Waals surface area contributed by atoms with E-state index in [4.69, 9.17) is 4.74 Å². The average Bonchev–Trinajstić information content (AvgIpc) is 3.36. The normalized spacial score (nSPS) is 18.2. The van der Waals surface area contributed by atoms with E-state index in [0.717, 1.165) is 18.9 Å². The van der Waals surface area contributed by atoms with Gasteiger partial charge >= 0.3 is 0 Å². The minimum atomic E-state index is 0.276. The maximum absolute atomic E-state index is 5.96. The van der Waals surface area contributed by atoms with Crippen LogP contribution in [0.25, 0.3) is 0 Å². The summed E-state index contributed by atoms with van der Waals surface area (Å²) in [5, 5.41) is 7.87. The summed E-state index contributed by atoms with van der Waals surface area (Å²) in [5.74, 6) is 1.23. The van der Waals surface area contributed by atoms with Gasteiger partial charge in [-0.1, -0.05) is 42.5 Å². The van der Waals surface area contributed by atoms with Gasteiger partial charge < -0.3 is 10.1 Å². The molecule has 1 unspecified atom stereocenters. The fourth-order valence-corrected chi connectivity index (χ4v) is 4.20. The van der Waals surface area contributed by atoms with Gasteiger partial charge in [0.1, 0.15) is 12.4 Å². The smallest absolute Gasteiger partial charge is 0.119 e. The molecule has 1 aromatic heterocycles. The Labute approximate surface area is 153 Å². The maximum atomic E-state index is 5.96. The summed E-state index contributed by atoms with van der Waals surface area (Å²) in [6.45, 7) is 1.87. The third-order valence-electron chi connectivity index (χ3n) is 4.84. The number of ether oxygens (including phenoxy) is 1. The van der Waals surface area contributed by atoms with Crippen LogP contribution in [0, 0.1) is 0 Å². The zero-order chi connectivity index (χ0) is 16.9. The Kier molecular flexibility index (Phi) is 5.14. The molecule has 3 heteroatoms. The molecule has 1 fully saturated rings. The molecule has 2 heterocycles. The molecule has 25 heavy (non-hydrogen) atoms. The highest BCUT2D eigenvalue weighted by Crippen LogP contribution is 2.33. The molecule has 2 nitrogen and oxygen atoms in total.